The summed E-state index contributed by atoms with van der Waals surface area (Å²) in [6, 6.07) is 5.90. The maximum absolute atomic E-state index is 6.26. The molecule has 1 aliphatic carbocycles. The van der Waals surface area contributed by atoms with E-state index in [2.05, 4.69) is 9.89 Å². The summed E-state index contributed by atoms with van der Waals surface area (Å²) in [6.45, 7) is 7.93. The normalized spacial score (nSPS) is 24.7. The molecule has 3 rings (SSSR count). The second kappa shape index (κ2) is 9.05. The number of nitrogens with two attached hydrogens (primary N) is 1. The molecule has 1 saturated heterocycles. The van der Waals surface area contributed by atoms with Crippen LogP contribution in [0.2, 0.25) is 5.02 Å². The van der Waals surface area contributed by atoms with Crippen LogP contribution in [0.4, 0.5) is 5.69 Å². The third-order valence-corrected chi connectivity index (χ3v) is 6.33. The molecule has 26 heavy (non-hydrogen) atoms. The van der Waals surface area contributed by atoms with E-state index in [9.17, 15) is 0 Å². The molecule has 0 aromatic heterocycles. The van der Waals surface area contributed by atoms with Gasteiger partial charge in [-0.3, -0.25) is 4.99 Å². The smallest absolute Gasteiger partial charge is 0.0647 e. The van der Waals surface area contributed by atoms with Crippen LogP contribution in [-0.2, 0) is 0 Å². The zero-order valence-corrected chi connectivity index (χ0v) is 16.9. The third-order valence-electron chi connectivity index (χ3n) is 5.93. The maximum Gasteiger partial charge on any atom is 0.0647 e. The van der Waals surface area contributed by atoms with Crippen LogP contribution in [-0.4, -0.2) is 30.2 Å². The molecular weight excluding hydrogens is 342 g/mol. The van der Waals surface area contributed by atoms with Gasteiger partial charge in [0, 0.05) is 23.0 Å². The van der Waals surface area contributed by atoms with E-state index in [0.29, 0.717) is 0 Å². The van der Waals surface area contributed by atoms with Crippen LogP contribution in [0, 0.1) is 18.8 Å². The van der Waals surface area contributed by atoms with Crippen molar-refractivity contribution in [1.82, 2.24) is 4.90 Å². The standard InChI is InChI=1S/C22H32ClN3/c1-16-5-10-21(14-22(16)23)25-17(2)13-20(24)9-8-18-6-7-19(18)15-26-11-3-4-12-26/h5,10,13-14,18-19H,3-4,6-9,11-12,15,24H2,1-2H3. The van der Waals surface area contributed by atoms with Gasteiger partial charge >= 0.3 is 0 Å². The fourth-order valence-corrected chi connectivity index (χ4v) is 4.31. The first-order valence-electron chi connectivity index (χ1n) is 10.0. The predicted molar refractivity (Wildman–Crippen MR) is 112 cm³/mol. The molecule has 1 aromatic carbocycles. The number of hydrogen-bond donors (Lipinski definition) is 1. The minimum atomic E-state index is 0.755. The molecule has 4 heteroatoms. The summed E-state index contributed by atoms with van der Waals surface area (Å²) < 4.78 is 0. The number of likely N-dealkylation sites (tertiary alicyclic amines) is 1. The molecule has 0 radical (unpaired) electrons. The van der Waals surface area contributed by atoms with E-state index in [1.165, 1.54) is 51.7 Å². The Kier molecular flexibility index (Phi) is 6.77. The van der Waals surface area contributed by atoms with Gasteiger partial charge in [-0.25, -0.2) is 0 Å². The van der Waals surface area contributed by atoms with E-state index < -0.39 is 0 Å². The molecule has 1 heterocycles. The summed E-state index contributed by atoms with van der Waals surface area (Å²) >= 11 is 6.17. The Morgan fingerprint density at radius 3 is 2.65 bits per heavy atom. The minimum Gasteiger partial charge on any atom is -0.402 e. The van der Waals surface area contributed by atoms with Crippen LogP contribution >= 0.6 is 11.6 Å². The molecule has 142 valence electrons. The van der Waals surface area contributed by atoms with Crippen molar-refractivity contribution in [1.29, 1.82) is 0 Å². The lowest BCUT2D eigenvalue weighted by molar-refractivity contribution is 0.115. The maximum atomic E-state index is 6.26. The first-order chi connectivity index (χ1) is 12.5. The van der Waals surface area contributed by atoms with E-state index in [1.807, 2.05) is 38.1 Å². The highest BCUT2D eigenvalue weighted by atomic mass is 35.5. The van der Waals surface area contributed by atoms with Crippen molar-refractivity contribution >= 4 is 23.0 Å². The number of benzene rings is 1. The average molecular weight is 374 g/mol. The van der Waals surface area contributed by atoms with Crippen LogP contribution in [0.5, 0.6) is 0 Å². The molecule has 1 aliphatic heterocycles. The zero-order valence-electron chi connectivity index (χ0n) is 16.2. The zero-order chi connectivity index (χ0) is 18.5. The summed E-state index contributed by atoms with van der Waals surface area (Å²) in [5.74, 6) is 1.75. The molecule has 2 atom stereocenters. The second-order valence-corrected chi connectivity index (χ2v) is 8.46. The molecular formula is C22H32ClN3. The van der Waals surface area contributed by atoms with Crippen LogP contribution < -0.4 is 5.73 Å². The van der Waals surface area contributed by atoms with Crippen molar-refractivity contribution in [3.63, 3.8) is 0 Å². The first-order valence-corrected chi connectivity index (χ1v) is 10.4. The van der Waals surface area contributed by atoms with Crippen LogP contribution in [0.25, 0.3) is 0 Å². The fraction of sp³-hybridized carbons (Fsp3) is 0.591. The first kappa shape index (κ1) is 19.4. The van der Waals surface area contributed by atoms with Gasteiger partial charge in [0.1, 0.15) is 0 Å². The van der Waals surface area contributed by atoms with Crippen molar-refractivity contribution in [3.05, 3.63) is 40.6 Å². The van der Waals surface area contributed by atoms with Crippen LogP contribution in [0.1, 0.15) is 51.0 Å². The second-order valence-electron chi connectivity index (χ2n) is 8.05. The van der Waals surface area contributed by atoms with E-state index in [0.717, 1.165) is 45.9 Å². The quantitative estimate of drug-likeness (QED) is 0.642. The topological polar surface area (TPSA) is 41.6 Å². The van der Waals surface area contributed by atoms with Gasteiger partial charge in [0.25, 0.3) is 0 Å². The summed E-state index contributed by atoms with van der Waals surface area (Å²) in [5, 5.41) is 0.755. The summed E-state index contributed by atoms with van der Waals surface area (Å²) in [5.41, 5.74) is 10.1. The van der Waals surface area contributed by atoms with Crippen LogP contribution in [0.3, 0.4) is 0 Å². The molecule has 0 bridgehead atoms. The van der Waals surface area contributed by atoms with Gasteiger partial charge < -0.3 is 10.6 Å². The molecule has 2 fully saturated rings. The summed E-state index contributed by atoms with van der Waals surface area (Å²) in [6.07, 6.45) is 9.75. The lowest BCUT2D eigenvalue weighted by Gasteiger charge is -2.39. The highest BCUT2D eigenvalue weighted by molar-refractivity contribution is 6.31. The Bertz CT molecular complexity index is 674. The van der Waals surface area contributed by atoms with Crippen molar-refractivity contribution < 1.29 is 0 Å². The van der Waals surface area contributed by atoms with Gasteiger partial charge in [-0.1, -0.05) is 17.7 Å². The summed E-state index contributed by atoms with van der Waals surface area (Å²) in [7, 11) is 0. The van der Waals surface area contributed by atoms with Gasteiger partial charge in [-0.05, 0) is 101 Å². The van der Waals surface area contributed by atoms with Crippen LogP contribution in [0.15, 0.2) is 35.0 Å². The number of allylic oxidation sites excluding steroid dienone is 2. The molecule has 2 unspecified atom stereocenters. The molecule has 0 amide bonds. The molecule has 0 spiro atoms. The van der Waals surface area contributed by atoms with Gasteiger partial charge in [0.05, 0.1) is 5.69 Å². The highest BCUT2D eigenvalue weighted by Crippen LogP contribution is 2.39. The van der Waals surface area contributed by atoms with Crippen molar-refractivity contribution in [2.24, 2.45) is 22.6 Å². The van der Waals surface area contributed by atoms with Gasteiger partial charge in [-0.2, -0.15) is 0 Å². The number of halogens is 1. The molecule has 1 saturated carbocycles. The van der Waals surface area contributed by atoms with E-state index in [-0.39, 0.29) is 0 Å². The number of rotatable bonds is 7. The fourth-order valence-electron chi connectivity index (χ4n) is 4.14. The minimum absolute atomic E-state index is 0.755. The van der Waals surface area contributed by atoms with Crippen molar-refractivity contribution in [3.8, 4) is 0 Å². The molecule has 3 nitrogen and oxygen atoms in total. The molecule has 1 aromatic rings. The lowest BCUT2D eigenvalue weighted by Crippen LogP contribution is -2.37. The number of hydrogen-bond acceptors (Lipinski definition) is 3. The highest BCUT2D eigenvalue weighted by Gasteiger charge is 2.32. The summed E-state index contributed by atoms with van der Waals surface area (Å²) in [4.78, 5) is 7.27. The Labute approximate surface area is 163 Å². The van der Waals surface area contributed by atoms with E-state index >= 15 is 0 Å². The Hall–Kier alpha value is -1.32. The predicted octanol–water partition coefficient (Wildman–Crippen LogP) is 5.49. The van der Waals surface area contributed by atoms with Gasteiger partial charge in [0.2, 0.25) is 0 Å². The Morgan fingerprint density at radius 2 is 2.00 bits per heavy atom. The lowest BCUT2D eigenvalue weighted by atomic mass is 9.71. The molecule has 2 N–H and O–H groups in total. The molecule has 2 aliphatic rings. The Balaban J connectivity index is 1.48. The number of aryl methyl sites for hydroxylation is 1. The number of aliphatic imine (C=N–C) groups is 1. The average Bonchev–Trinajstić information content (AvgIpc) is 3.08. The van der Waals surface area contributed by atoms with Gasteiger partial charge in [-0.15, -0.1) is 0 Å². The van der Waals surface area contributed by atoms with Gasteiger partial charge in [0.15, 0.2) is 0 Å². The largest absolute Gasteiger partial charge is 0.402 e. The van der Waals surface area contributed by atoms with E-state index in [1.54, 1.807) is 0 Å². The van der Waals surface area contributed by atoms with E-state index in [4.69, 9.17) is 17.3 Å². The van der Waals surface area contributed by atoms with Crippen molar-refractivity contribution in [2.75, 3.05) is 19.6 Å². The monoisotopic (exact) mass is 373 g/mol. The van der Waals surface area contributed by atoms with Crippen molar-refractivity contribution in [2.45, 2.75) is 52.4 Å². The SMILES string of the molecule is CC(C=C(N)CCC1CCC1CN1CCCC1)=Nc1ccc(C)c(Cl)c1. The Morgan fingerprint density at radius 1 is 1.27 bits per heavy atom. The third kappa shape index (κ3) is 5.34. The number of nitrogens with zero attached hydrogens (tertiary/aromatic N) is 2.